The smallest absolute Gasteiger partial charge is 0.423 e. The van der Waals surface area contributed by atoms with Crippen molar-refractivity contribution in [3.8, 4) is 0 Å². The van der Waals surface area contributed by atoms with Gasteiger partial charge in [-0.15, -0.1) is 0 Å². The lowest BCUT2D eigenvalue weighted by Crippen LogP contribution is -2.31. The van der Waals surface area contributed by atoms with Gasteiger partial charge >= 0.3 is 25.6 Å². The summed E-state index contributed by atoms with van der Waals surface area (Å²) in [4.78, 5) is 9.45. The third kappa shape index (κ3) is 13.4. The highest BCUT2D eigenvalue weighted by Gasteiger charge is 2.38. The van der Waals surface area contributed by atoms with Gasteiger partial charge in [0.15, 0.2) is 9.84 Å². The largest absolute Gasteiger partial charge is 0.488 e. The van der Waals surface area contributed by atoms with Crippen LogP contribution in [0.25, 0.3) is 0 Å². The van der Waals surface area contributed by atoms with Crippen molar-refractivity contribution in [2.24, 2.45) is 4.99 Å². The SMILES string of the molecule is CC(=NCS(=O)(=O)c1ccc(C)cc1)c1ccc2c(c1)Cc1ccccc1S2.CC(c1cc(C(F)(F)F)cc(C(F)(F)F)c1)c1ccc2c(c1)Cc1ccccc1S2.Cc1cc(B(O)O)cc(C(F)(F)F)c1. The lowest BCUT2D eigenvalue weighted by atomic mass is 9.78. The molecule has 1 unspecified atom stereocenters. The van der Waals surface area contributed by atoms with Gasteiger partial charge in [-0.2, -0.15) is 39.5 Å². The second-order valence-corrected chi connectivity index (χ2v) is 21.5. The fourth-order valence-corrected chi connectivity index (χ4v) is 11.1. The van der Waals surface area contributed by atoms with Crippen molar-refractivity contribution >= 4 is 51.7 Å². The van der Waals surface area contributed by atoms with E-state index in [4.69, 9.17) is 10.0 Å². The second kappa shape index (κ2) is 21.7. The van der Waals surface area contributed by atoms with E-state index in [1.165, 1.54) is 33.9 Å². The number of aliphatic imine (C=N–C) groups is 1. The monoisotopic (exact) mass is 1050 g/mol. The number of fused-ring (bicyclic) bond motifs is 4. The molecular weight excluding hydrogens is 1000 g/mol. The number of hydrogen-bond donors (Lipinski definition) is 2. The lowest BCUT2D eigenvalue weighted by molar-refractivity contribution is -0.143. The molecule has 374 valence electrons. The molecular formula is C54H45BF9NO4S3. The van der Waals surface area contributed by atoms with Gasteiger partial charge in [-0.1, -0.05) is 120 Å². The summed E-state index contributed by atoms with van der Waals surface area (Å²) >= 11 is 3.40. The third-order valence-corrected chi connectivity index (χ3v) is 15.8. The van der Waals surface area contributed by atoms with E-state index in [1.54, 1.807) is 48.6 Å². The number of rotatable bonds is 7. The highest BCUT2D eigenvalue weighted by molar-refractivity contribution is 7.99. The summed E-state index contributed by atoms with van der Waals surface area (Å²) in [5, 5.41) is 17.5. The van der Waals surface area contributed by atoms with Crippen molar-refractivity contribution in [1.29, 1.82) is 0 Å². The molecule has 2 aliphatic heterocycles. The fraction of sp³-hybridized carbons (Fsp3) is 0.204. The Morgan fingerprint density at radius 3 is 1.58 bits per heavy atom. The minimum Gasteiger partial charge on any atom is -0.423 e. The molecule has 18 heteroatoms. The molecule has 0 amide bonds. The zero-order valence-electron chi connectivity index (χ0n) is 38.9. The van der Waals surface area contributed by atoms with Crippen LogP contribution in [-0.2, 0) is 41.2 Å². The third-order valence-electron chi connectivity index (χ3n) is 11.9. The molecule has 0 saturated heterocycles. The summed E-state index contributed by atoms with van der Waals surface area (Å²) in [6.07, 6.45) is -12.6. The summed E-state index contributed by atoms with van der Waals surface area (Å²) in [6.45, 7) is 6.89. The maximum atomic E-state index is 13.2. The Balaban J connectivity index is 0.000000169. The van der Waals surface area contributed by atoms with E-state index >= 15 is 0 Å². The van der Waals surface area contributed by atoms with E-state index in [-0.39, 0.29) is 23.0 Å². The van der Waals surface area contributed by atoms with Crippen LogP contribution in [0.1, 0.15) is 86.5 Å². The molecule has 0 radical (unpaired) electrons. The zero-order valence-corrected chi connectivity index (χ0v) is 41.4. The van der Waals surface area contributed by atoms with Crippen molar-refractivity contribution in [3.63, 3.8) is 0 Å². The first kappa shape index (κ1) is 54.0. The fourth-order valence-electron chi connectivity index (χ4n) is 7.93. The Hall–Kier alpha value is -5.79. The van der Waals surface area contributed by atoms with Gasteiger partial charge in [-0.25, -0.2) is 8.42 Å². The van der Waals surface area contributed by atoms with Crippen molar-refractivity contribution < 1.29 is 58.0 Å². The highest BCUT2D eigenvalue weighted by Crippen LogP contribution is 2.43. The van der Waals surface area contributed by atoms with Gasteiger partial charge in [0.2, 0.25) is 0 Å². The van der Waals surface area contributed by atoms with Crippen LogP contribution in [-0.4, -0.2) is 37.2 Å². The quantitative estimate of drug-likeness (QED) is 0.0939. The summed E-state index contributed by atoms with van der Waals surface area (Å²) in [5.41, 5.74) is 4.90. The molecule has 0 saturated carbocycles. The van der Waals surface area contributed by atoms with Gasteiger partial charge in [-0.05, 0) is 145 Å². The molecule has 9 rings (SSSR count). The molecule has 0 aliphatic carbocycles. The lowest BCUT2D eigenvalue weighted by Gasteiger charge is -2.22. The van der Waals surface area contributed by atoms with Crippen molar-refractivity contribution in [2.45, 2.75) is 89.5 Å². The van der Waals surface area contributed by atoms with Gasteiger partial charge in [0.05, 0.1) is 21.6 Å². The topological polar surface area (TPSA) is 87.0 Å². The normalized spacial score (nSPS) is 13.7. The van der Waals surface area contributed by atoms with Gasteiger partial charge in [0.1, 0.15) is 5.88 Å². The number of benzene rings is 7. The van der Waals surface area contributed by atoms with Crippen LogP contribution >= 0.6 is 23.5 Å². The molecule has 0 spiro atoms. The number of aryl methyl sites for hydroxylation is 2. The van der Waals surface area contributed by atoms with Crippen LogP contribution in [0, 0.1) is 13.8 Å². The number of nitrogens with zero attached hydrogens (tertiary/aromatic N) is 1. The molecule has 0 aromatic heterocycles. The average Bonchev–Trinajstić information content (AvgIpc) is 3.33. The van der Waals surface area contributed by atoms with Crippen molar-refractivity contribution in [1.82, 2.24) is 0 Å². The predicted octanol–water partition coefficient (Wildman–Crippen LogP) is 13.9. The number of alkyl halides is 9. The van der Waals surface area contributed by atoms with Crippen molar-refractivity contribution in [3.05, 3.63) is 212 Å². The molecule has 1 atom stereocenters. The Morgan fingerprint density at radius 2 is 1.06 bits per heavy atom. The zero-order chi connectivity index (χ0) is 52.3. The number of hydrogen-bond acceptors (Lipinski definition) is 7. The maximum Gasteiger partial charge on any atom is 0.488 e. The highest BCUT2D eigenvalue weighted by atomic mass is 32.2. The summed E-state index contributed by atoms with van der Waals surface area (Å²) in [7, 11) is -5.31. The molecule has 2 N–H and O–H groups in total. The summed E-state index contributed by atoms with van der Waals surface area (Å²) in [5.74, 6) is -0.864. The number of sulfone groups is 1. The van der Waals surface area contributed by atoms with Crippen LogP contribution in [0.3, 0.4) is 0 Å². The van der Waals surface area contributed by atoms with E-state index in [9.17, 15) is 47.9 Å². The Morgan fingerprint density at radius 1 is 0.569 bits per heavy atom. The summed E-state index contributed by atoms with van der Waals surface area (Å²) in [6, 6.07) is 39.9. The molecule has 5 nitrogen and oxygen atoms in total. The Bertz CT molecular complexity index is 3220. The predicted molar refractivity (Wildman–Crippen MR) is 265 cm³/mol. The van der Waals surface area contributed by atoms with E-state index in [0.29, 0.717) is 22.4 Å². The molecule has 7 aromatic carbocycles. The molecule has 0 fully saturated rings. The van der Waals surface area contributed by atoms with Crippen LogP contribution in [0.4, 0.5) is 39.5 Å². The first-order valence-electron chi connectivity index (χ1n) is 22.2. The first-order valence-corrected chi connectivity index (χ1v) is 25.5. The van der Waals surface area contributed by atoms with Gasteiger partial charge in [0, 0.05) is 31.2 Å². The molecule has 0 bridgehead atoms. The maximum absolute atomic E-state index is 13.2. The summed E-state index contributed by atoms with van der Waals surface area (Å²) < 4.78 is 141. The molecule has 72 heavy (non-hydrogen) atoms. The minimum atomic E-state index is -4.86. The Kier molecular flexibility index (Phi) is 16.3. The van der Waals surface area contributed by atoms with E-state index in [1.807, 2.05) is 68.4 Å². The van der Waals surface area contributed by atoms with E-state index in [2.05, 4.69) is 41.4 Å². The van der Waals surface area contributed by atoms with Crippen LogP contribution in [0.15, 0.2) is 175 Å². The average molecular weight is 1050 g/mol. The van der Waals surface area contributed by atoms with Gasteiger partial charge in [-0.3, -0.25) is 4.99 Å². The number of halogens is 9. The van der Waals surface area contributed by atoms with E-state index < -0.39 is 58.1 Å². The van der Waals surface area contributed by atoms with Crippen molar-refractivity contribution in [2.75, 3.05) is 5.88 Å². The van der Waals surface area contributed by atoms with Gasteiger partial charge < -0.3 is 10.0 Å². The molecule has 2 heterocycles. The second-order valence-electron chi connectivity index (χ2n) is 17.3. The minimum absolute atomic E-state index is 0.0130. The Labute approximate surface area is 420 Å². The van der Waals surface area contributed by atoms with Crippen LogP contribution in [0.5, 0.6) is 0 Å². The van der Waals surface area contributed by atoms with Crippen LogP contribution in [0.2, 0.25) is 0 Å². The van der Waals surface area contributed by atoms with Crippen LogP contribution < -0.4 is 5.46 Å². The first-order chi connectivity index (χ1) is 33.7. The molecule has 7 aromatic rings. The van der Waals surface area contributed by atoms with E-state index in [0.717, 1.165) is 68.4 Å². The standard InChI is InChI=1S/C23H16F6S.C23H21NO2S2.C8H8BF3O2/c1-13(16-10-18(22(24,25)26)12-19(11-16)23(27,28)29)14-6-7-21-17(8-14)9-15-4-2-3-5-20(15)30-21;1-16-7-10-21(11-8-16)28(25,26)15-24-17(2)18-9-12-23-20(13-18)14-19-5-3-4-6-22(19)27-23;1-5-2-6(8(10,11)12)4-7(3-5)9(13)14/h2-8,10-13H,9H2,1H3;3-13H,14-15H2,1-2H3;2-4,13-14H,1H3. The van der Waals surface area contributed by atoms with Gasteiger partial charge in [0.25, 0.3) is 0 Å². The molecule has 2 aliphatic rings.